The normalized spacial score (nSPS) is 15.2. The Morgan fingerprint density at radius 3 is 2.93 bits per heavy atom. The highest BCUT2D eigenvalue weighted by molar-refractivity contribution is 7.92. The maximum absolute atomic E-state index is 12.7. The van der Waals surface area contributed by atoms with Crippen LogP contribution >= 0.6 is 0 Å². The van der Waals surface area contributed by atoms with Crippen molar-refractivity contribution in [1.29, 1.82) is 0 Å². The number of nitrogens with one attached hydrogen (secondary N) is 1. The maximum atomic E-state index is 12.7. The second-order valence-electron chi connectivity index (χ2n) is 6.59. The van der Waals surface area contributed by atoms with Gasteiger partial charge in [0.05, 0.1) is 28.5 Å². The van der Waals surface area contributed by atoms with Gasteiger partial charge in [0, 0.05) is 23.8 Å². The number of sulfone groups is 1. The molecular formula is C19H16N4O4S. The number of benzene rings is 1. The first-order valence-electron chi connectivity index (χ1n) is 8.87. The summed E-state index contributed by atoms with van der Waals surface area (Å²) in [7, 11) is -3.36. The number of H-pyrrole nitrogens is 1. The zero-order chi connectivity index (χ0) is 19.5. The fourth-order valence-corrected chi connectivity index (χ4v) is 5.49. The van der Waals surface area contributed by atoms with E-state index in [0.29, 0.717) is 57.0 Å². The minimum atomic E-state index is -3.36. The van der Waals surface area contributed by atoms with Gasteiger partial charge < -0.3 is 4.74 Å². The van der Waals surface area contributed by atoms with Crippen molar-refractivity contribution in [1.82, 2.24) is 19.5 Å². The Hall–Kier alpha value is -3.20. The van der Waals surface area contributed by atoms with Crippen LogP contribution in [-0.2, 0) is 16.3 Å². The van der Waals surface area contributed by atoms with Gasteiger partial charge in [0.2, 0.25) is 0 Å². The number of aromatic amines is 1. The van der Waals surface area contributed by atoms with Crippen LogP contribution in [0.3, 0.4) is 0 Å². The van der Waals surface area contributed by atoms with Gasteiger partial charge in [-0.15, -0.1) is 0 Å². The number of nitrogens with zero attached hydrogens (tertiary/aromatic N) is 3. The third-order valence-corrected chi connectivity index (χ3v) is 6.77. The Balaban J connectivity index is 1.84. The molecule has 0 aliphatic carbocycles. The molecule has 0 spiro atoms. The van der Waals surface area contributed by atoms with Crippen LogP contribution in [-0.4, -0.2) is 40.3 Å². The molecule has 5 rings (SSSR count). The number of hydrogen-bond donors (Lipinski definition) is 1. The van der Waals surface area contributed by atoms with E-state index in [4.69, 9.17) is 4.74 Å². The lowest BCUT2D eigenvalue weighted by Crippen LogP contribution is -2.15. The molecule has 28 heavy (non-hydrogen) atoms. The first-order valence-corrected chi connectivity index (χ1v) is 10.5. The van der Waals surface area contributed by atoms with Crippen molar-refractivity contribution in [2.45, 2.75) is 18.2 Å². The van der Waals surface area contributed by atoms with Crippen molar-refractivity contribution in [2.24, 2.45) is 0 Å². The topological polar surface area (TPSA) is 107 Å². The van der Waals surface area contributed by atoms with Crippen LogP contribution in [0.25, 0.3) is 27.8 Å². The molecule has 1 N–H and O–H groups in total. The number of fused-ring (bicyclic) bond motifs is 4. The molecule has 1 aromatic carbocycles. The summed E-state index contributed by atoms with van der Waals surface area (Å²) in [5.41, 5.74) is 2.35. The number of hydrogen-bond acceptors (Lipinski definition) is 6. The van der Waals surface area contributed by atoms with E-state index >= 15 is 0 Å². The number of imidazole rings is 1. The predicted octanol–water partition coefficient (Wildman–Crippen LogP) is 1.99. The summed E-state index contributed by atoms with van der Waals surface area (Å²) in [5, 5.41) is 0.524. The molecule has 4 aromatic rings. The molecule has 4 heterocycles. The van der Waals surface area contributed by atoms with E-state index in [2.05, 4.69) is 15.0 Å². The molecule has 0 fully saturated rings. The highest BCUT2D eigenvalue weighted by atomic mass is 32.2. The molecule has 1 aliphatic heterocycles. The van der Waals surface area contributed by atoms with E-state index in [0.717, 1.165) is 0 Å². The quantitative estimate of drug-likeness (QED) is 0.568. The lowest BCUT2D eigenvalue weighted by molar-refractivity contribution is 0.343. The summed E-state index contributed by atoms with van der Waals surface area (Å²) < 4.78 is 32.2. The fourth-order valence-electron chi connectivity index (χ4n) is 3.75. The molecule has 142 valence electrons. The molecule has 3 aromatic heterocycles. The van der Waals surface area contributed by atoms with Crippen molar-refractivity contribution in [3.63, 3.8) is 0 Å². The Morgan fingerprint density at radius 2 is 2.11 bits per heavy atom. The predicted molar refractivity (Wildman–Crippen MR) is 104 cm³/mol. The second-order valence-corrected chi connectivity index (χ2v) is 8.63. The summed E-state index contributed by atoms with van der Waals surface area (Å²) >= 11 is 0. The van der Waals surface area contributed by atoms with Crippen LogP contribution in [0.4, 0.5) is 0 Å². The third kappa shape index (κ3) is 2.36. The number of ether oxygens (including phenoxy) is 1. The number of aromatic nitrogens is 4. The van der Waals surface area contributed by atoms with E-state index in [1.807, 2.05) is 6.92 Å². The van der Waals surface area contributed by atoms with E-state index in [1.54, 1.807) is 36.7 Å². The van der Waals surface area contributed by atoms with Gasteiger partial charge in [-0.1, -0.05) is 0 Å². The highest BCUT2D eigenvalue weighted by Crippen LogP contribution is 2.33. The molecule has 9 heteroatoms. The average molecular weight is 396 g/mol. The lowest BCUT2D eigenvalue weighted by atomic mass is 10.1. The van der Waals surface area contributed by atoms with Gasteiger partial charge in [0.1, 0.15) is 11.3 Å². The van der Waals surface area contributed by atoms with Crippen molar-refractivity contribution in [2.75, 3.05) is 12.4 Å². The van der Waals surface area contributed by atoms with Gasteiger partial charge in [-0.2, -0.15) is 0 Å². The van der Waals surface area contributed by atoms with Crippen LogP contribution in [0.1, 0.15) is 12.5 Å². The Kier molecular flexibility index (Phi) is 3.57. The van der Waals surface area contributed by atoms with Crippen molar-refractivity contribution >= 4 is 31.9 Å². The summed E-state index contributed by atoms with van der Waals surface area (Å²) in [6, 6.07) is 6.85. The summed E-state index contributed by atoms with van der Waals surface area (Å²) in [6.45, 7) is 2.29. The standard InChI is InChI=1S/C19H16N4O4S/c1-2-27-15-5-7-20-18-16(15)23(19(24)22-18)12-3-4-14-13(9-12)17-11(10-21-14)6-8-28(17,25)26/h3-5,7,9-10H,2,6,8H2,1H3,(H,20,22,24). The van der Waals surface area contributed by atoms with Crippen molar-refractivity contribution in [3.05, 3.63) is 52.7 Å². The molecule has 0 atom stereocenters. The average Bonchev–Trinajstić information content (AvgIpc) is 3.18. The Bertz CT molecular complexity index is 1420. The number of rotatable bonds is 3. The van der Waals surface area contributed by atoms with Gasteiger partial charge in [-0.05, 0) is 37.1 Å². The van der Waals surface area contributed by atoms with Gasteiger partial charge in [0.15, 0.2) is 15.5 Å². The van der Waals surface area contributed by atoms with Gasteiger partial charge in [-0.3, -0.25) is 14.5 Å². The molecule has 0 radical (unpaired) electrons. The van der Waals surface area contributed by atoms with Crippen LogP contribution in [0.5, 0.6) is 5.75 Å². The van der Waals surface area contributed by atoms with Gasteiger partial charge in [-0.25, -0.2) is 18.2 Å². The Labute approximate surface area is 159 Å². The van der Waals surface area contributed by atoms with Gasteiger partial charge >= 0.3 is 5.69 Å². The van der Waals surface area contributed by atoms with Crippen LogP contribution < -0.4 is 10.4 Å². The molecular weight excluding hydrogens is 380 g/mol. The molecule has 1 aliphatic rings. The van der Waals surface area contributed by atoms with Crippen molar-refractivity contribution in [3.8, 4) is 11.4 Å². The molecule has 0 bridgehead atoms. The first kappa shape index (κ1) is 16.9. The number of aryl methyl sites for hydroxylation is 1. The minimum absolute atomic E-state index is 0.0821. The highest BCUT2D eigenvalue weighted by Gasteiger charge is 2.29. The maximum Gasteiger partial charge on any atom is 0.332 e. The SMILES string of the molecule is CCOc1ccnc2[nH]c(=O)n(-c3ccc4ncc5c(c4c3)S(=O)(=O)CC5)c12. The lowest BCUT2D eigenvalue weighted by Gasteiger charge is -2.10. The zero-order valence-corrected chi connectivity index (χ0v) is 15.8. The Morgan fingerprint density at radius 1 is 1.25 bits per heavy atom. The third-order valence-electron chi connectivity index (χ3n) is 4.92. The van der Waals surface area contributed by atoms with E-state index in [9.17, 15) is 13.2 Å². The molecule has 0 unspecified atom stereocenters. The molecule has 0 saturated carbocycles. The van der Waals surface area contributed by atoms with E-state index in [-0.39, 0.29) is 11.4 Å². The summed E-state index contributed by atoms with van der Waals surface area (Å²) in [5.74, 6) is 0.605. The molecule has 8 nitrogen and oxygen atoms in total. The van der Waals surface area contributed by atoms with Crippen LogP contribution in [0.2, 0.25) is 0 Å². The number of pyridine rings is 2. The molecule has 0 amide bonds. The zero-order valence-electron chi connectivity index (χ0n) is 15.0. The summed E-state index contributed by atoms with van der Waals surface area (Å²) in [4.78, 5) is 24.3. The largest absolute Gasteiger partial charge is 0.491 e. The second kappa shape index (κ2) is 5.90. The fraction of sp³-hybridized carbons (Fsp3) is 0.211. The van der Waals surface area contributed by atoms with E-state index < -0.39 is 9.84 Å². The monoisotopic (exact) mass is 396 g/mol. The molecule has 0 saturated heterocycles. The first-order chi connectivity index (χ1) is 13.5. The van der Waals surface area contributed by atoms with Crippen molar-refractivity contribution < 1.29 is 13.2 Å². The van der Waals surface area contributed by atoms with E-state index in [1.165, 1.54) is 4.57 Å². The summed E-state index contributed by atoms with van der Waals surface area (Å²) in [6.07, 6.45) is 3.64. The van der Waals surface area contributed by atoms with Crippen LogP contribution in [0, 0.1) is 0 Å². The van der Waals surface area contributed by atoms with Gasteiger partial charge in [0.25, 0.3) is 0 Å². The smallest absolute Gasteiger partial charge is 0.332 e. The van der Waals surface area contributed by atoms with Crippen LogP contribution in [0.15, 0.2) is 46.3 Å². The minimum Gasteiger partial charge on any atom is -0.491 e.